The highest BCUT2D eigenvalue weighted by Gasteiger charge is 2.15. The molecule has 3 heterocycles. The second-order valence-electron chi connectivity index (χ2n) is 3.27. The lowest BCUT2D eigenvalue weighted by Crippen LogP contribution is -2.01. The number of thiazole rings is 1. The molecule has 0 aliphatic carbocycles. The molecule has 0 spiro atoms. The highest BCUT2D eigenvalue weighted by atomic mass is 32.1. The van der Waals surface area contributed by atoms with Crippen molar-refractivity contribution in [2.45, 2.75) is 0 Å². The Labute approximate surface area is 95.2 Å². The quantitative estimate of drug-likeness (QED) is 0.632. The molecule has 0 N–H and O–H groups in total. The number of aromatic nitrogens is 3. The van der Waals surface area contributed by atoms with Crippen LogP contribution in [0.5, 0.6) is 0 Å². The third-order valence-electron chi connectivity index (χ3n) is 2.31. The van der Waals surface area contributed by atoms with E-state index in [1.54, 1.807) is 30.9 Å². The summed E-state index contributed by atoms with van der Waals surface area (Å²) in [4.78, 5) is 21.0. The minimum Gasteiger partial charge on any atom is -0.296 e. The second-order valence-corrected chi connectivity index (χ2v) is 4.17. The van der Waals surface area contributed by atoms with Crippen LogP contribution >= 0.6 is 11.3 Å². The van der Waals surface area contributed by atoms with E-state index in [4.69, 9.17) is 0 Å². The molecule has 16 heavy (non-hydrogen) atoms. The Kier molecular flexibility index (Phi) is 2.04. The minimum atomic E-state index is -0.0626. The van der Waals surface area contributed by atoms with Gasteiger partial charge in [-0.05, 0) is 12.1 Å². The Hall–Kier alpha value is -2.01. The third kappa shape index (κ3) is 1.33. The van der Waals surface area contributed by atoms with Crippen molar-refractivity contribution in [3.8, 4) is 0 Å². The number of carbonyl (C=O) groups excluding carboxylic acids is 1. The van der Waals surface area contributed by atoms with E-state index in [0.717, 1.165) is 4.83 Å². The lowest BCUT2D eigenvalue weighted by molar-refractivity contribution is 0.103. The largest absolute Gasteiger partial charge is 0.296 e. The molecule has 3 aromatic rings. The summed E-state index contributed by atoms with van der Waals surface area (Å²) in [5, 5.41) is 1.93. The Morgan fingerprint density at radius 3 is 2.94 bits per heavy atom. The zero-order valence-corrected chi connectivity index (χ0v) is 9.02. The smallest absolute Gasteiger partial charge is 0.214 e. The number of rotatable bonds is 2. The van der Waals surface area contributed by atoms with Crippen LogP contribution in [0.1, 0.15) is 16.1 Å². The van der Waals surface area contributed by atoms with Crippen molar-refractivity contribution >= 4 is 22.0 Å². The fraction of sp³-hybridized carbons (Fsp3) is 0. The van der Waals surface area contributed by atoms with Gasteiger partial charge in [0.25, 0.3) is 0 Å². The van der Waals surface area contributed by atoms with Crippen molar-refractivity contribution < 1.29 is 4.79 Å². The van der Waals surface area contributed by atoms with Crippen LogP contribution in [-0.4, -0.2) is 20.2 Å². The van der Waals surface area contributed by atoms with Gasteiger partial charge in [-0.3, -0.25) is 14.2 Å². The number of imidazole rings is 1. The van der Waals surface area contributed by atoms with Gasteiger partial charge in [0.05, 0.1) is 0 Å². The van der Waals surface area contributed by atoms with Crippen molar-refractivity contribution in [3.63, 3.8) is 0 Å². The molecule has 0 atom stereocenters. The standard InChI is InChI=1S/C11H7N3OS/c15-10(8-1-3-12-4-2-8)9-11-14(7-13-9)5-6-16-11/h1-7H. The average molecular weight is 229 g/mol. The highest BCUT2D eigenvalue weighted by Crippen LogP contribution is 2.18. The number of nitrogens with zero attached hydrogens (tertiary/aromatic N) is 3. The molecular weight excluding hydrogens is 222 g/mol. The van der Waals surface area contributed by atoms with Gasteiger partial charge >= 0.3 is 0 Å². The lowest BCUT2D eigenvalue weighted by atomic mass is 10.1. The molecule has 5 heteroatoms. The molecule has 3 rings (SSSR count). The van der Waals surface area contributed by atoms with Crippen LogP contribution in [0.4, 0.5) is 0 Å². The molecule has 0 fully saturated rings. The molecule has 0 unspecified atom stereocenters. The first-order valence-electron chi connectivity index (χ1n) is 4.71. The van der Waals surface area contributed by atoms with Crippen molar-refractivity contribution in [1.82, 2.24) is 14.4 Å². The summed E-state index contributed by atoms with van der Waals surface area (Å²) >= 11 is 1.51. The molecule has 0 aromatic carbocycles. The fourth-order valence-corrected chi connectivity index (χ4v) is 2.34. The molecule has 0 saturated heterocycles. The molecule has 0 radical (unpaired) electrons. The Morgan fingerprint density at radius 1 is 1.31 bits per heavy atom. The van der Waals surface area contributed by atoms with E-state index in [0.29, 0.717) is 11.3 Å². The van der Waals surface area contributed by atoms with Crippen LogP contribution in [0.15, 0.2) is 42.4 Å². The van der Waals surface area contributed by atoms with Crippen LogP contribution in [0, 0.1) is 0 Å². The van der Waals surface area contributed by atoms with Crippen molar-refractivity contribution in [3.05, 3.63) is 53.7 Å². The molecule has 0 bridgehead atoms. The number of pyridine rings is 1. The van der Waals surface area contributed by atoms with Crippen LogP contribution < -0.4 is 0 Å². The van der Waals surface area contributed by atoms with E-state index in [2.05, 4.69) is 9.97 Å². The van der Waals surface area contributed by atoms with E-state index in [1.807, 2.05) is 16.0 Å². The van der Waals surface area contributed by atoms with Gasteiger partial charge in [-0.1, -0.05) is 0 Å². The number of carbonyl (C=O) groups is 1. The topological polar surface area (TPSA) is 47.3 Å². The summed E-state index contributed by atoms with van der Waals surface area (Å²) in [5.74, 6) is -0.0626. The summed E-state index contributed by atoms with van der Waals surface area (Å²) in [6, 6.07) is 3.39. The predicted molar refractivity (Wildman–Crippen MR) is 60.7 cm³/mol. The zero-order valence-electron chi connectivity index (χ0n) is 8.20. The third-order valence-corrected chi connectivity index (χ3v) is 3.19. The van der Waals surface area contributed by atoms with Crippen molar-refractivity contribution in [2.24, 2.45) is 0 Å². The summed E-state index contributed by atoms with van der Waals surface area (Å²) in [6.07, 6.45) is 6.75. The molecule has 78 valence electrons. The summed E-state index contributed by atoms with van der Waals surface area (Å²) in [6.45, 7) is 0. The first kappa shape index (κ1) is 9.23. The maximum Gasteiger partial charge on any atom is 0.214 e. The Balaban J connectivity index is 2.12. The van der Waals surface area contributed by atoms with Gasteiger partial charge in [0.15, 0.2) is 0 Å². The molecule has 0 aliphatic rings. The number of hydrogen-bond donors (Lipinski definition) is 0. The molecule has 0 amide bonds. The van der Waals surface area contributed by atoms with Crippen LogP contribution in [0.2, 0.25) is 0 Å². The van der Waals surface area contributed by atoms with Crippen LogP contribution in [0.3, 0.4) is 0 Å². The maximum atomic E-state index is 12.1. The monoisotopic (exact) mass is 229 g/mol. The van der Waals surface area contributed by atoms with Gasteiger partial charge < -0.3 is 0 Å². The molecule has 4 nitrogen and oxygen atoms in total. The number of fused-ring (bicyclic) bond motifs is 1. The van der Waals surface area contributed by atoms with Gasteiger partial charge in [0.1, 0.15) is 16.9 Å². The van der Waals surface area contributed by atoms with Crippen molar-refractivity contribution in [2.75, 3.05) is 0 Å². The maximum absolute atomic E-state index is 12.1. The average Bonchev–Trinajstić information content (AvgIpc) is 2.91. The molecule has 0 aliphatic heterocycles. The first-order chi connectivity index (χ1) is 7.86. The lowest BCUT2D eigenvalue weighted by Gasteiger charge is -1.95. The SMILES string of the molecule is O=C(c1ccncc1)c1ncn2ccsc12. The van der Waals surface area contributed by atoms with Gasteiger partial charge in [0.2, 0.25) is 5.78 Å². The molecule has 0 saturated carbocycles. The van der Waals surface area contributed by atoms with E-state index in [1.165, 1.54) is 11.3 Å². The van der Waals surface area contributed by atoms with Gasteiger partial charge in [-0.15, -0.1) is 11.3 Å². The van der Waals surface area contributed by atoms with Crippen LogP contribution in [-0.2, 0) is 0 Å². The molecular formula is C11H7N3OS. The molecule has 3 aromatic heterocycles. The van der Waals surface area contributed by atoms with Crippen LogP contribution in [0.25, 0.3) is 4.83 Å². The van der Waals surface area contributed by atoms with Gasteiger partial charge in [0, 0.05) is 29.5 Å². The minimum absolute atomic E-state index is 0.0626. The summed E-state index contributed by atoms with van der Waals surface area (Å²) < 4.78 is 1.85. The Morgan fingerprint density at radius 2 is 2.12 bits per heavy atom. The van der Waals surface area contributed by atoms with E-state index in [9.17, 15) is 4.79 Å². The van der Waals surface area contributed by atoms with E-state index in [-0.39, 0.29) is 5.78 Å². The second kappa shape index (κ2) is 3.53. The number of ketones is 1. The predicted octanol–water partition coefficient (Wildman–Crippen LogP) is 2.02. The Bertz CT molecular complexity index is 641. The fourth-order valence-electron chi connectivity index (χ4n) is 1.53. The van der Waals surface area contributed by atoms with Crippen molar-refractivity contribution in [1.29, 1.82) is 0 Å². The van der Waals surface area contributed by atoms with E-state index >= 15 is 0 Å². The first-order valence-corrected chi connectivity index (χ1v) is 5.59. The van der Waals surface area contributed by atoms with Gasteiger partial charge in [-0.25, -0.2) is 4.98 Å². The highest BCUT2D eigenvalue weighted by molar-refractivity contribution is 7.15. The summed E-state index contributed by atoms with van der Waals surface area (Å²) in [7, 11) is 0. The van der Waals surface area contributed by atoms with E-state index < -0.39 is 0 Å². The summed E-state index contributed by atoms with van der Waals surface area (Å²) in [5.41, 5.74) is 1.12. The zero-order chi connectivity index (χ0) is 11.0. The normalized spacial score (nSPS) is 10.8. The number of hydrogen-bond acceptors (Lipinski definition) is 4. The van der Waals surface area contributed by atoms with Gasteiger partial charge in [-0.2, -0.15) is 0 Å².